The van der Waals surface area contributed by atoms with Crippen LogP contribution in [-0.4, -0.2) is 71.0 Å². The van der Waals surface area contributed by atoms with Crippen LogP contribution in [0.5, 0.6) is 5.88 Å². The Morgan fingerprint density at radius 1 is 1.43 bits per heavy atom. The summed E-state index contributed by atoms with van der Waals surface area (Å²) >= 11 is 5.81. The predicted octanol–water partition coefficient (Wildman–Crippen LogP) is 2.71. The minimum atomic E-state index is -1.37. The number of piperidine rings is 1. The van der Waals surface area contributed by atoms with Gasteiger partial charge in [0.05, 0.1) is 12.2 Å². The van der Waals surface area contributed by atoms with Gasteiger partial charge in [-0.2, -0.15) is 0 Å². The number of nitrogens with two attached hydrogens (primary N) is 2. The van der Waals surface area contributed by atoms with Crippen molar-refractivity contribution in [1.82, 2.24) is 24.9 Å². The number of ether oxygens (including phenoxy) is 2. The molecule has 0 radical (unpaired) electrons. The van der Waals surface area contributed by atoms with Gasteiger partial charge in [0.25, 0.3) is 0 Å². The first kappa shape index (κ1) is 28.6. The number of carbonyl (C=O) groups is 1. The van der Waals surface area contributed by atoms with E-state index in [2.05, 4.69) is 20.0 Å². The van der Waals surface area contributed by atoms with Crippen molar-refractivity contribution >= 4 is 17.9 Å². The van der Waals surface area contributed by atoms with Gasteiger partial charge in [-0.1, -0.05) is 0 Å². The molecular weight excluding hydrogens is 501 g/mol. The Labute approximate surface area is 223 Å². The van der Waals surface area contributed by atoms with Gasteiger partial charge in [0.2, 0.25) is 5.88 Å². The molecule has 6 N–H and O–H groups in total. The number of rotatable bonds is 9. The monoisotopic (exact) mass is 539 g/mol. The molecule has 0 bridgehead atoms. The minimum absolute atomic E-state index is 0.0915. The van der Waals surface area contributed by atoms with Gasteiger partial charge >= 0.3 is 6.09 Å². The summed E-state index contributed by atoms with van der Waals surface area (Å²) in [5.41, 5.74) is 12.7. The van der Waals surface area contributed by atoms with Gasteiger partial charge in [0, 0.05) is 56.1 Å². The van der Waals surface area contributed by atoms with Crippen LogP contribution < -0.4 is 26.4 Å². The summed E-state index contributed by atoms with van der Waals surface area (Å²) in [4.78, 5) is 22.5. The summed E-state index contributed by atoms with van der Waals surface area (Å²) in [5.74, 6) is 0.599. The fourth-order valence-electron chi connectivity index (χ4n) is 4.43. The normalized spacial score (nSPS) is 23.1. The molecule has 2 aliphatic rings. The van der Waals surface area contributed by atoms with Crippen molar-refractivity contribution in [3.8, 4) is 5.88 Å². The average Bonchev–Trinajstić information content (AvgIpc) is 3.35. The maximum Gasteiger partial charge on any atom is 0.410 e. The molecule has 1 amide bonds. The van der Waals surface area contributed by atoms with Gasteiger partial charge < -0.3 is 36.1 Å². The lowest BCUT2D eigenvalue weighted by molar-refractivity contribution is -0.0114. The van der Waals surface area contributed by atoms with Gasteiger partial charge in [0.1, 0.15) is 17.5 Å². The largest absolute Gasteiger partial charge is 0.471 e. The van der Waals surface area contributed by atoms with Crippen LogP contribution >= 0.6 is 11.8 Å². The molecule has 3 unspecified atom stereocenters. The van der Waals surface area contributed by atoms with E-state index in [0.717, 1.165) is 24.9 Å². The molecular formula is C25H39ClFN7O3. The van der Waals surface area contributed by atoms with Gasteiger partial charge in [-0.25, -0.2) is 14.2 Å². The van der Waals surface area contributed by atoms with Crippen molar-refractivity contribution in [2.75, 3.05) is 26.2 Å². The maximum absolute atomic E-state index is 15.0. The molecule has 10 nitrogen and oxygen atoms in total. The fourth-order valence-corrected chi connectivity index (χ4v) is 4.53. The van der Waals surface area contributed by atoms with E-state index in [-0.39, 0.29) is 12.4 Å². The number of carbonyl (C=O) groups excluding carboxylic acids is 1. The van der Waals surface area contributed by atoms with Crippen LogP contribution in [0.1, 0.15) is 45.6 Å². The summed E-state index contributed by atoms with van der Waals surface area (Å²) < 4.78 is 26.2. The molecule has 0 saturated carbocycles. The van der Waals surface area contributed by atoms with Crippen LogP contribution in [0.4, 0.5) is 9.18 Å². The number of allylic oxidation sites excluding steroid dienone is 1. The number of amides is 1. The van der Waals surface area contributed by atoms with Crippen molar-refractivity contribution in [2.45, 2.75) is 70.5 Å². The SMILES string of the molecule is CC(C)(C)OC(=O)N1CCC(Oc2cc(CN(CC3CCCN3)C(/C=C/N)=C(\N)NCl)ccn2)C(F)C1. The van der Waals surface area contributed by atoms with Crippen LogP contribution in [0.2, 0.25) is 0 Å². The number of alkyl halides is 1. The van der Waals surface area contributed by atoms with E-state index in [4.69, 9.17) is 32.7 Å². The number of pyridine rings is 1. The maximum atomic E-state index is 15.0. The predicted molar refractivity (Wildman–Crippen MR) is 141 cm³/mol. The van der Waals surface area contributed by atoms with E-state index in [0.29, 0.717) is 43.7 Å². The molecule has 1 aromatic heterocycles. The molecule has 3 atom stereocenters. The summed E-state index contributed by atoms with van der Waals surface area (Å²) in [5, 5.41) is 3.49. The molecule has 0 aromatic carbocycles. The Kier molecular flexibility index (Phi) is 10.1. The second kappa shape index (κ2) is 13.0. The first-order valence-electron chi connectivity index (χ1n) is 12.6. The molecule has 12 heteroatoms. The molecule has 2 fully saturated rings. The summed E-state index contributed by atoms with van der Waals surface area (Å²) in [6.07, 6.45) is 4.63. The minimum Gasteiger partial charge on any atom is -0.471 e. The van der Waals surface area contributed by atoms with E-state index in [9.17, 15) is 9.18 Å². The summed E-state index contributed by atoms with van der Waals surface area (Å²) in [6, 6.07) is 3.95. The van der Waals surface area contributed by atoms with Crippen LogP contribution in [0.25, 0.3) is 0 Å². The first-order chi connectivity index (χ1) is 17.6. The van der Waals surface area contributed by atoms with E-state index in [1.807, 2.05) is 6.07 Å². The third-order valence-electron chi connectivity index (χ3n) is 6.15. The fraction of sp³-hybridized carbons (Fsp3) is 0.600. The average molecular weight is 540 g/mol. The number of aromatic nitrogens is 1. The smallest absolute Gasteiger partial charge is 0.410 e. The summed E-state index contributed by atoms with van der Waals surface area (Å²) in [7, 11) is 0. The van der Waals surface area contributed by atoms with Crippen LogP contribution in [0.3, 0.4) is 0 Å². The van der Waals surface area contributed by atoms with Crippen molar-refractivity contribution in [3.63, 3.8) is 0 Å². The molecule has 2 saturated heterocycles. The Morgan fingerprint density at radius 2 is 2.22 bits per heavy atom. The van der Waals surface area contributed by atoms with Crippen molar-refractivity contribution < 1.29 is 18.7 Å². The molecule has 3 rings (SSSR count). The molecule has 3 heterocycles. The quantitative estimate of drug-likeness (QED) is 0.276. The van der Waals surface area contributed by atoms with Crippen LogP contribution in [0.15, 0.2) is 42.1 Å². The number of likely N-dealkylation sites (tertiary alicyclic amines) is 1. The number of nitrogens with zero attached hydrogens (tertiary/aromatic N) is 3. The third-order valence-corrected chi connectivity index (χ3v) is 6.36. The van der Waals surface area contributed by atoms with Crippen molar-refractivity contribution in [2.24, 2.45) is 11.5 Å². The van der Waals surface area contributed by atoms with E-state index >= 15 is 0 Å². The van der Waals surface area contributed by atoms with Crippen molar-refractivity contribution in [3.05, 3.63) is 47.7 Å². The number of hydrogen-bond acceptors (Lipinski definition) is 9. The van der Waals surface area contributed by atoms with Gasteiger partial charge in [-0.05, 0) is 64.1 Å². The van der Waals surface area contributed by atoms with Crippen molar-refractivity contribution in [1.29, 1.82) is 0 Å². The Morgan fingerprint density at radius 3 is 2.84 bits per heavy atom. The first-order valence-corrected chi connectivity index (χ1v) is 12.9. The highest BCUT2D eigenvalue weighted by molar-refractivity contribution is 6.14. The van der Waals surface area contributed by atoms with E-state index in [1.165, 1.54) is 11.1 Å². The lowest BCUT2D eigenvalue weighted by atomic mass is 10.1. The highest BCUT2D eigenvalue weighted by Crippen LogP contribution is 2.24. The third kappa shape index (κ3) is 8.57. The molecule has 206 valence electrons. The second-order valence-corrected chi connectivity index (χ2v) is 10.5. The molecule has 0 spiro atoms. The van der Waals surface area contributed by atoms with E-state index < -0.39 is 24.0 Å². The Balaban J connectivity index is 1.68. The standard InChI is InChI=1S/C25H39ClFN7O3/c1-25(2,3)37-24(35)33-12-8-21(19(27)16-33)36-22-13-17(7-11-31-22)14-34(15-18-5-4-10-30-18)20(6-9-28)23(29)32-26/h6-7,9,11,13,18-19,21,30,32H,4-5,8,10,12,14-16,28-29H2,1-3H3/b9-6+,23-20+. The number of halogens is 2. The lowest BCUT2D eigenvalue weighted by Gasteiger charge is -2.35. The lowest BCUT2D eigenvalue weighted by Crippen LogP contribution is -2.50. The van der Waals surface area contributed by atoms with Gasteiger partial charge in [-0.15, -0.1) is 0 Å². The van der Waals surface area contributed by atoms with Crippen LogP contribution in [-0.2, 0) is 11.3 Å². The van der Waals surface area contributed by atoms with E-state index in [1.54, 1.807) is 39.1 Å². The van der Waals surface area contributed by atoms with Crippen LogP contribution in [0, 0.1) is 0 Å². The summed E-state index contributed by atoms with van der Waals surface area (Å²) in [6.45, 7) is 7.73. The molecule has 1 aromatic rings. The Bertz CT molecular complexity index is 966. The van der Waals surface area contributed by atoms with Gasteiger partial charge in [0.15, 0.2) is 6.17 Å². The second-order valence-electron chi connectivity index (χ2n) is 10.3. The number of hydrogen-bond donors (Lipinski definition) is 4. The number of nitrogens with one attached hydrogen (secondary N) is 2. The highest BCUT2D eigenvalue weighted by atomic mass is 35.5. The molecule has 0 aliphatic carbocycles. The zero-order chi connectivity index (χ0) is 27.0. The molecule has 37 heavy (non-hydrogen) atoms. The zero-order valence-electron chi connectivity index (χ0n) is 21.8. The molecule has 2 aliphatic heterocycles. The highest BCUT2D eigenvalue weighted by Gasteiger charge is 2.35. The topological polar surface area (TPSA) is 131 Å². The zero-order valence-corrected chi connectivity index (χ0v) is 22.5. The Hall–Kier alpha value is -2.92. The van der Waals surface area contributed by atoms with Gasteiger partial charge in [-0.3, -0.25) is 4.84 Å².